The van der Waals surface area contributed by atoms with Gasteiger partial charge in [0.1, 0.15) is 17.3 Å². The third-order valence-electron chi connectivity index (χ3n) is 5.79. The maximum atomic E-state index is 13.7. The number of methoxy groups -OCH3 is 1. The van der Waals surface area contributed by atoms with Gasteiger partial charge < -0.3 is 4.74 Å². The van der Waals surface area contributed by atoms with Crippen LogP contribution in [0.15, 0.2) is 72.8 Å². The molecule has 1 unspecified atom stereocenters. The first-order chi connectivity index (χ1) is 16.3. The minimum absolute atomic E-state index is 0.222. The summed E-state index contributed by atoms with van der Waals surface area (Å²) < 4.78 is 58.1. The molecule has 5 rings (SSSR count). The van der Waals surface area contributed by atoms with E-state index < -0.39 is 29.5 Å². The zero-order valence-electron chi connectivity index (χ0n) is 17.7. The number of ether oxygens (including phenoxy) is 1. The molecule has 0 saturated heterocycles. The fourth-order valence-corrected chi connectivity index (χ4v) is 4.15. The Labute approximate surface area is 191 Å². The molecule has 0 aliphatic carbocycles. The summed E-state index contributed by atoms with van der Waals surface area (Å²) in [6.45, 7) is 0. The van der Waals surface area contributed by atoms with Gasteiger partial charge in [-0.15, -0.1) is 0 Å². The molecule has 1 amide bonds. The molecule has 172 valence electrons. The van der Waals surface area contributed by atoms with Crippen LogP contribution in [-0.2, 0) is 6.18 Å². The van der Waals surface area contributed by atoms with Crippen LogP contribution in [-0.4, -0.2) is 23.2 Å². The topological polar surface area (TPSA) is 58.2 Å². The van der Waals surface area contributed by atoms with Gasteiger partial charge in [0.15, 0.2) is 0 Å². The monoisotopic (exact) mass is 467 g/mol. The molecule has 1 atom stereocenters. The molecule has 1 aliphatic rings. The Morgan fingerprint density at radius 3 is 2.18 bits per heavy atom. The first-order valence-electron chi connectivity index (χ1n) is 10.3. The van der Waals surface area contributed by atoms with E-state index in [1.165, 1.54) is 29.2 Å². The Bertz CT molecular complexity index is 1350. The molecule has 5 nitrogen and oxygen atoms in total. The number of aromatic nitrogens is 2. The van der Waals surface area contributed by atoms with Crippen molar-refractivity contribution in [3.63, 3.8) is 0 Å². The quantitative estimate of drug-likeness (QED) is 0.375. The molecule has 1 aromatic heterocycles. The van der Waals surface area contributed by atoms with E-state index >= 15 is 0 Å². The van der Waals surface area contributed by atoms with Crippen LogP contribution in [0, 0.1) is 5.82 Å². The van der Waals surface area contributed by atoms with Crippen LogP contribution >= 0.6 is 0 Å². The average molecular weight is 467 g/mol. The second-order valence-corrected chi connectivity index (χ2v) is 7.76. The number of anilines is 1. The molecule has 9 heteroatoms. The summed E-state index contributed by atoms with van der Waals surface area (Å²) in [4.78, 5) is 14.8. The van der Waals surface area contributed by atoms with E-state index in [4.69, 9.17) is 4.74 Å². The highest BCUT2D eigenvalue weighted by Gasteiger charge is 2.43. The lowest BCUT2D eigenvalue weighted by atomic mass is 9.95. The molecule has 0 bridgehead atoms. The van der Waals surface area contributed by atoms with E-state index in [0.717, 1.165) is 12.1 Å². The number of H-pyrrole nitrogens is 1. The summed E-state index contributed by atoms with van der Waals surface area (Å²) in [5.74, 6) is -0.248. The number of alkyl halides is 3. The summed E-state index contributed by atoms with van der Waals surface area (Å²) in [5, 5.41) is 7.13. The van der Waals surface area contributed by atoms with Crippen molar-refractivity contribution in [3.8, 4) is 17.0 Å². The largest absolute Gasteiger partial charge is 0.497 e. The fraction of sp³-hybridized carbons (Fsp3) is 0.120. The summed E-state index contributed by atoms with van der Waals surface area (Å²) in [7, 11) is 1.55. The number of nitrogens with zero attached hydrogens (tertiary/aromatic N) is 2. The third-order valence-corrected chi connectivity index (χ3v) is 5.79. The van der Waals surface area contributed by atoms with Crippen LogP contribution in [0.2, 0.25) is 0 Å². The van der Waals surface area contributed by atoms with E-state index in [1.807, 2.05) is 0 Å². The highest BCUT2D eigenvalue weighted by atomic mass is 19.4. The van der Waals surface area contributed by atoms with Gasteiger partial charge in [0.25, 0.3) is 5.91 Å². The van der Waals surface area contributed by atoms with Crippen LogP contribution in [0.5, 0.6) is 5.75 Å². The Hall–Kier alpha value is -4.14. The average Bonchev–Trinajstić information content (AvgIpc) is 3.38. The second kappa shape index (κ2) is 8.02. The van der Waals surface area contributed by atoms with Crippen molar-refractivity contribution in [2.75, 3.05) is 12.0 Å². The molecular weight excluding hydrogens is 450 g/mol. The van der Waals surface area contributed by atoms with Gasteiger partial charge in [-0.25, -0.2) is 4.39 Å². The Kier molecular flexibility index (Phi) is 5.11. The van der Waals surface area contributed by atoms with Gasteiger partial charge in [0.05, 0.1) is 24.4 Å². The number of carbonyl (C=O) groups is 1. The summed E-state index contributed by atoms with van der Waals surface area (Å²) in [6, 6.07) is 16.4. The second-order valence-electron chi connectivity index (χ2n) is 7.76. The third kappa shape index (κ3) is 3.59. The van der Waals surface area contributed by atoms with Crippen LogP contribution < -0.4 is 9.64 Å². The first kappa shape index (κ1) is 21.7. The molecule has 0 saturated carbocycles. The number of nitrogens with one attached hydrogen (secondary N) is 1. The molecule has 0 radical (unpaired) electrons. The van der Waals surface area contributed by atoms with E-state index in [0.29, 0.717) is 28.1 Å². The lowest BCUT2D eigenvalue weighted by molar-refractivity contribution is -0.137. The normalized spacial score (nSPS) is 15.5. The van der Waals surface area contributed by atoms with Crippen molar-refractivity contribution in [2.45, 2.75) is 12.2 Å². The number of amides is 1. The van der Waals surface area contributed by atoms with Gasteiger partial charge in [-0.05, 0) is 66.2 Å². The highest BCUT2D eigenvalue weighted by Crippen LogP contribution is 2.45. The van der Waals surface area contributed by atoms with Crippen LogP contribution in [0.25, 0.3) is 11.3 Å². The maximum absolute atomic E-state index is 13.7. The summed E-state index contributed by atoms with van der Waals surface area (Å²) >= 11 is 0. The minimum Gasteiger partial charge on any atom is -0.497 e. The van der Waals surface area contributed by atoms with Gasteiger partial charge >= 0.3 is 6.18 Å². The standard InChI is InChI=1S/C25H17F4N3O2/c1-34-19-12-4-14(5-13-19)21-20-22(31-30-21)24(33)32(23(20)15-2-8-17(26)9-3-15)18-10-6-16(7-11-18)25(27,28)29/h2-13,23H,1H3,(H,30,31). The lowest BCUT2D eigenvalue weighted by Gasteiger charge is -2.27. The van der Waals surface area contributed by atoms with Gasteiger partial charge in [0.2, 0.25) is 0 Å². The van der Waals surface area contributed by atoms with Crippen LogP contribution in [0.4, 0.5) is 23.2 Å². The van der Waals surface area contributed by atoms with Crippen molar-refractivity contribution in [1.29, 1.82) is 0 Å². The zero-order valence-corrected chi connectivity index (χ0v) is 17.7. The highest BCUT2D eigenvalue weighted by molar-refractivity contribution is 6.11. The minimum atomic E-state index is -4.50. The predicted octanol–water partition coefficient (Wildman–Crippen LogP) is 5.99. The molecular formula is C25H17F4N3O2. The molecule has 1 N–H and O–H groups in total. The number of carbonyl (C=O) groups excluding carboxylic acids is 1. The maximum Gasteiger partial charge on any atom is 0.416 e. The van der Waals surface area contributed by atoms with Gasteiger partial charge in [0, 0.05) is 16.8 Å². The van der Waals surface area contributed by atoms with Gasteiger partial charge in [-0.2, -0.15) is 18.3 Å². The Morgan fingerprint density at radius 1 is 0.941 bits per heavy atom. The van der Waals surface area contributed by atoms with Crippen molar-refractivity contribution in [3.05, 3.63) is 101 Å². The van der Waals surface area contributed by atoms with Crippen molar-refractivity contribution in [2.24, 2.45) is 0 Å². The fourth-order valence-electron chi connectivity index (χ4n) is 4.15. The number of halogens is 4. The van der Waals surface area contributed by atoms with Crippen molar-refractivity contribution >= 4 is 11.6 Å². The molecule has 34 heavy (non-hydrogen) atoms. The lowest BCUT2D eigenvalue weighted by Crippen LogP contribution is -2.29. The molecule has 0 fully saturated rings. The smallest absolute Gasteiger partial charge is 0.416 e. The number of benzene rings is 3. The molecule has 2 heterocycles. The van der Waals surface area contributed by atoms with E-state index in [-0.39, 0.29) is 11.4 Å². The number of hydrogen-bond donors (Lipinski definition) is 1. The molecule has 4 aromatic rings. The Balaban J connectivity index is 1.65. The first-order valence-corrected chi connectivity index (χ1v) is 10.3. The molecule has 3 aromatic carbocycles. The summed E-state index contributed by atoms with van der Waals surface area (Å²) in [5.41, 5.74) is 2.05. The van der Waals surface area contributed by atoms with E-state index in [1.54, 1.807) is 43.5 Å². The zero-order chi connectivity index (χ0) is 24.0. The number of fused-ring (bicyclic) bond motifs is 1. The predicted molar refractivity (Wildman–Crippen MR) is 117 cm³/mol. The van der Waals surface area contributed by atoms with E-state index in [9.17, 15) is 22.4 Å². The number of aromatic amines is 1. The van der Waals surface area contributed by atoms with Crippen molar-refractivity contribution in [1.82, 2.24) is 10.2 Å². The number of hydrogen-bond acceptors (Lipinski definition) is 3. The Morgan fingerprint density at radius 2 is 1.59 bits per heavy atom. The van der Waals surface area contributed by atoms with Crippen LogP contribution in [0.1, 0.15) is 33.2 Å². The van der Waals surface area contributed by atoms with E-state index in [2.05, 4.69) is 10.2 Å². The molecule has 1 aliphatic heterocycles. The molecule has 0 spiro atoms. The number of rotatable bonds is 4. The SMILES string of the molecule is COc1ccc(-c2n[nH]c3c2C(c2ccc(F)cc2)N(c2ccc(C(F)(F)F)cc2)C3=O)cc1. The van der Waals surface area contributed by atoms with Gasteiger partial charge in [-0.1, -0.05) is 12.1 Å². The van der Waals surface area contributed by atoms with Crippen LogP contribution in [0.3, 0.4) is 0 Å². The summed E-state index contributed by atoms with van der Waals surface area (Å²) in [6.07, 6.45) is -4.50. The van der Waals surface area contributed by atoms with Gasteiger partial charge in [-0.3, -0.25) is 14.8 Å². The van der Waals surface area contributed by atoms with Crippen molar-refractivity contribution < 1.29 is 27.1 Å².